The molecular weight excluding hydrogens is 386 g/mol. The van der Waals surface area contributed by atoms with Crippen LogP contribution in [0.4, 0.5) is 14.7 Å². The summed E-state index contributed by atoms with van der Waals surface area (Å²) in [5.74, 6) is 0.253. The van der Waals surface area contributed by atoms with Crippen LogP contribution in [-0.4, -0.2) is 32.6 Å². The highest BCUT2D eigenvalue weighted by Crippen LogP contribution is 2.28. The maximum atomic E-state index is 13.5. The highest BCUT2D eigenvalue weighted by Gasteiger charge is 2.26. The molecular formula is C22H28F2N6. The van der Waals surface area contributed by atoms with Gasteiger partial charge in [-0.1, -0.05) is 26.8 Å². The van der Waals surface area contributed by atoms with E-state index in [-0.39, 0.29) is 5.41 Å². The maximum absolute atomic E-state index is 13.5. The largest absolute Gasteiger partial charge is 0.350 e. The quantitative estimate of drug-likeness (QED) is 0.660. The number of hydrogen-bond donors (Lipinski definition) is 2. The summed E-state index contributed by atoms with van der Waals surface area (Å²) in [6.45, 7) is 9.69. The van der Waals surface area contributed by atoms with Gasteiger partial charge in [-0.3, -0.25) is 0 Å². The number of benzene rings is 1. The van der Waals surface area contributed by atoms with Crippen molar-refractivity contribution in [3.05, 3.63) is 47.4 Å². The van der Waals surface area contributed by atoms with Crippen molar-refractivity contribution in [2.75, 3.05) is 18.4 Å². The van der Waals surface area contributed by atoms with Crippen LogP contribution in [0.2, 0.25) is 0 Å². The second kappa shape index (κ2) is 8.26. The Morgan fingerprint density at radius 3 is 2.73 bits per heavy atom. The number of imidazole rings is 1. The summed E-state index contributed by atoms with van der Waals surface area (Å²) in [7, 11) is 0. The Morgan fingerprint density at radius 1 is 1.20 bits per heavy atom. The number of nitrogens with one attached hydrogen (secondary N) is 2. The monoisotopic (exact) mass is 414 g/mol. The van der Waals surface area contributed by atoms with E-state index >= 15 is 0 Å². The van der Waals surface area contributed by atoms with Crippen molar-refractivity contribution in [3.8, 4) is 0 Å². The lowest BCUT2D eigenvalue weighted by Gasteiger charge is -2.26. The molecule has 0 radical (unpaired) electrons. The molecule has 0 aliphatic carbocycles. The van der Waals surface area contributed by atoms with Gasteiger partial charge in [0, 0.05) is 18.5 Å². The first-order valence-corrected chi connectivity index (χ1v) is 10.4. The molecule has 8 heteroatoms. The summed E-state index contributed by atoms with van der Waals surface area (Å²) in [6.07, 6.45) is 4.08. The molecule has 1 aromatic carbocycles. The van der Waals surface area contributed by atoms with E-state index in [0.29, 0.717) is 24.0 Å². The molecule has 0 spiro atoms. The van der Waals surface area contributed by atoms with Crippen LogP contribution in [0, 0.1) is 17.6 Å². The molecule has 30 heavy (non-hydrogen) atoms. The molecule has 2 aromatic heterocycles. The Bertz CT molecular complexity index is 1030. The lowest BCUT2D eigenvalue weighted by Crippen LogP contribution is -2.33. The zero-order chi connectivity index (χ0) is 21.3. The van der Waals surface area contributed by atoms with Gasteiger partial charge in [-0.15, -0.1) is 0 Å². The standard InChI is InChI=1S/C22H28F2N6/c1-22(2,3)20-28-18-12-27-21(26-11-14-6-7-16(23)17(24)9-14)29-19(18)30(20)13-15-5-4-8-25-10-15/h6-7,9,12,15,25H,4-5,8,10-11,13H2,1-3H3,(H,26,27,29)/t15-/m1/s1. The number of fused-ring (bicyclic) bond motifs is 1. The first-order valence-electron chi connectivity index (χ1n) is 10.4. The molecule has 2 N–H and O–H groups in total. The smallest absolute Gasteiger partial charge is 0.225 e. The average molecular weight is 415 g/mol. The van der Waals surface area contributed by atoms with Gasteiger partial charge in [-0.05, 0) is 49.5 Å². The summed E-state index contributed by atoms with van der Waals surface area (Å²) in [4.78, 5) is 13.9. The highest BCUT2D eigenvalue weighted by atomic mass is 19.2. The number of halogens is 2. The van der Waals surface area contributed by atoms with Crippen molar-refractivity contribution in [2.45, 2.75) is 52.1 Å². The number of hydrogen-bond acceptors (Lipinski definition) is 5. The Morgan fingerprint density at radius 2 is 2.03 bits per heavy atom. The summed E-state index contributed by atoms with van der Waals surface area (Å²) in [5.41, 5.74) is 2.06. The second-order valence-electron chi connectivity index (χ2n) is 9.01. The van der Waals surface area contributed by atoms with Crippen LogP contribution in [0.25, 0.3) is 11.2 Å². The third-order valence-corrected chi connectivity index (χ3v) is 5.43. The molecule has 0 bridgehead atoms. The van der Waals surface area contributed by atoms with Gasteiger partial charge in [0.15, 0.2) is 17.3 Å². The lowest BCUT2D eigenvalue weighted by molar-refractivity contribution is 0.329. The van der Waals surface area contributed by atoms with Gasteiger partial charge < -0.3 is 15.2 Å². The molecule has 0 unspecified atom stereocenters. The van der Waals surface area contributed by atoms with E-state index in [2.05, 4.69) is 41.0 Å². The number of aromatic nitrogens is 4. The van der Waals surface area contributed by atoms with E-state index in [4.69, 9.17) is 9.97 Å². The normalized spacial score (nSPS) is 17.4. The molecule has 6 nitrogen and oxygen atoms in total. The Kier molecular flexibility index (Phi) is 5.69. The number of anilines is 1. The van der Waals surface area contributed by atoms with Gasteiger partial charge in [-0.2, -0.15) is 4.98 Å². The predicted octanol–water partition coefficient (Wildman–Crippen LogP) is 4.01. The third-order valence-electron chi connectivity index (χ3n) is 5.43. The summed E-state index contributed by atoms with van der Waals surface area (Å²) in [5, 5.41) is 6.59. The zero-order valence-corrected chi connectivity index (χ0v) is 17.7. The molecule has 3 heterocycles. The summed E-state index contributed by atoms with van der Waals surface area (Å²) in [6, 6.07) is 3.85. The second-order valence-corrected chi connectivity index (χ2v) is 9.01. The SMILES string of the molecule is CC(C)(C)c1nc2cnc(NCc3ccc(F)c(F)c3)nc2n1C[C@@H]1CCCNC1. The maximum Gasteiger partial charge on any atom is 0.225 e. The van der Waals surface area contributed by atoms with E-state index in [1.54, 1.807) is 12.3 Å². The van der Waals surface area contributed by atoms with Gasteiger partial charge in [-0.25, -0.2) is 18.7 Å². The summed E-state index contributed by atoms with van der Waals surface area (Å²) >= 11 is 0. The van der Waals surface area contributed by atoms with Crippen molar-refractivity contribution in [3.63, 3.8) is 0 Å². The fourth-order valence-corrected chi connectivity index (χ4v) is 3.92. The Balaban J connectivity index is 1.62. The molecule has 1 fully saturated rings. The first kappa shape index (κ1) is 20.7. The molecule has 1 saturated heterocycles. The van der Waals surface area contributed by atoms with E-state index in [9.17, 15) is 8.78 Å². The van der Waals surface area contributed by atoms with E-state index in [1.165, 1.54) is 18.9 Å². The Labute approximate surface area is 175 Å². The fourth-order valence-electron chi connectivity index (χ4n) is 3.92. The predicted molar refractivity (Wildman–Crippen MR) is 113 cm³/mol. The molecule has 160 valence electrons. The van der Waals surface area contributed by atoms with Crippen molar-refractivity contribution < 1.29 is 8.78 Å². The van der Waals surface area contributed by atoms with E-state index in [1.807, 2.05) is 0 Å². The highest BCUT2D eigenvalue weighted by molar-refractivity contribution is 5.72. The molecule has 4 rings (SSSR count). The van der Waals surface area contributed by atoms with Crippen LogP contribution in [0.5, 0.6) is 0 Å². The average Bonchev–Trinajstić information content (AvgIpc) is 3.08. The van der Waals surface area contributed by atoms with Gasteiger partial charge in [0.1, 0.15) is 11.3 Å². The minimum Gasteiger partial charge on any atom is -0.350 e. The molecule has 1 aliphatic rings. The first-order chi connectivity index (χ1) is 14.3. The van der Waals surface area contributed by atoms with Crippen molar-refractivity contribution in [1.29, 1.82) is 0 Å². The molecule has 3 aromatic rings. The number of nitrogens with zero attached hydrogens (tertiary/aromatic N) is 4. The van der Waals surface area contributed by atoms with Gasteiger partial charge >= 0.3 is 0 Å². The van der Waals surface area contributed by atoms with E-state index in [0.717, 1.165) is 42.7 Å². The van der Waals surface area contributed by atoms with Crippen LogP contribution < -0.4 is 10.6 Å². The van der Waals surface area contributed by atoms with Crippen molar-refractivity contribution in [2.24, 2.45) is 5.92 Å². The molecule has 0 amide bonds. The van der Waals surface area contributed by atoms with Crippen molar-refractivity contribution in [1.82, 2.24) is 24.8 Å². The third kappa shape index (κ3) is 4.43. The molecule has 1 atom stereocenters. The molecule has 0 saturated carbocycles. The minimum absolute atomic E-state index is 0.123. The van der Waals surface area contributed by atoms with Crippen LogP contribution in [0.15, 0.2) is 24.4 Å². The fraction of sp³-hybridized carbons (Fsp3) is 0.500. The number of piperidine rings is 1. The Hall–Kier alpha value is -2.61. The zero-order valence-electron chi connectivity index (χ0n) is 17.7. The lowest BCUT2D eigenvalue weighted by atomic mass is 9.94. The van der Waals surface area contributed by atoms with Crippen molar-refractivity contribution >= 4 is 17.1 Å². The minimum atomic E-state index is -0.861. The van der Waals surface area contributed by atoms with Gasteiger partial charge in [0.2, 0.25) is 5.95 Å². The topological polar surface area (TPSA) is 67.7 Å². The van der Waals surface area contributed by atoms with Crippen LogP contribution in [0.1, 0.15) is 45.0 Å². The number of rotatable bonds is 5. The van der Waals surface area contributed by atoms with Gasteiger partial charge in [0.25, 0.3) is 0 Å². The molecule has 1 aliphatic heterocycles. The summed E-state index contributed by atoms with van der Waals surface area (Å²) < 4.78 is 28.8. The van der Waals surface area contributed by atoms with E-state index < -0.39 is 11.6 Å². The van der Waals surface area contributed by atoms with Gasteiger partial charge in [0.05, 0.1) is 6.20 Å². The van der Waals surface area contributed by atoms with Crippen LogP contribution in [0.3, 0.4) is 0 Å². The van der Waals surface area contributed by atoms with Crippen LogP contribution in [-0.2, 0) is 18.5 Å². The van der Waals surface area contributed by atoms with Crippen LogP contribution >= 0.6 is 0 Å².